The Morgan fingerprint density at radius 1 is 1.24 bits per heavy atom. The lowest BCUT2D eigenvalue weighted by molar-refractivity contribution is 0.0896. The molecule has 0 bridgehead atoms. The molecule has 0 unspecified atom stereocenters. The van der Waals surface area contributed by atoms with Crippen LogP contribution in [0.15, 0.2) is 52.9 Å². The summed E-state index contributed by atoms with van der Waals surface area (Å²) in [6.07, 6.45) is 2.98. The van der Waals surface area contributed by atoms with Gasteiger partial charge in [0, 0.05) is 12.0 Å². The fraction of sp³-hybridized carbons (Fsp3) is 0.304. The van der Waals surface area contributed by atoms with Gasteiger partial charge in [0.2, 0.25) is 0 Å². The maximum Gasteiger partial charge on any atom is 0.295 e. The molecule has 1 amide bonds. The molecule has 2 aromatic carbocycles. The summed E-state index contributed by atoms with van der Waals surface area (Å²) in [4.78, 5) is 19.9. The van der Waals surface area contributed by atoms with Gasteiger partial charge >= 0.3 is 0 Å². The number of furan rings is 1. The van der Waals surface area contributed by atoms with Gasteiger partial charge < -0.3 is 9.15 Å². The molecule has 0 saturated carbocycles. The van der Waals surface area contributed by atoms with Gasteiger partial charge in [-0.05, 0) is 49.1 Å². The molecule has 5 nitrogen and oxygen atoms in total. The fourth-order valence-corrected chi connectivity index (χ4v) is 4.79. The molecule has 0 aliphatic carbocycles. The maximum absolute atomic E-state index is 13.4. The number of carbonyl (C=O) groups excluding carboxylic acids is 1. The number of anilines is 1. The lowest BCUT2D eigenvalue weighted by atomic mass is 10.2. The Kier molecular flexibility index (Phi) is 4.81. The highest BCUT2D eigenvalue weighted by atomic mass is 32.1. The van der Waals surface area contributed by atoms with Crippen molar-refractivity contribution in [1.82, 2.24) is 4.98 Å². The van der Waals surface area contributed by atoms with Crippen LogP contribution < -0.4 is 4.90 Å². The molecule has 1 atom stereocenters. The van der Waals surface area contributed by atoms with Gasteiger partial charge in [0.25, 0.3) is 5.91 Å². The van der Waals surface area contributed by atoms with E-state index in [1.54, 1.807) is 16.2 Å². The predicted octanol–water partition coefficient (Wildman–Crippen LogP) is 5.43. The summed E-state index contributed by atoms with van der Waals surface area (Å²) in [7, 11) is 0. The van der Waals surface area contributed by atoms with Crippen molar-refractivity contribution in [3.8, 4) is 0 Å². The second-order valence-electron chi connectivity index (χ2n) is 7.35. The maximum atomic E-state index is 13.4. The molecular formula is C23H22N2O3S. The van der Waals surface area contributed by atoms with Crippen molar-refractivity contribution >= 4 is 43.6 Å². The molecule has 1 saturated heterocycles. The minimum atomic E-state index is -0.175. The summed E-state index contributed by atoms with van der Waals surface area (Å²) >= 11 is 1.54. The number of amides is 1. The van der Waals surface area contributed by atoms with Gasteiger partial charge in [-0.15, -0.1) is 0 Å². The molecule has 1 aliphatic rings. The lowest BCUT2D eigenvalue weighted by Crippen LogP contribution is -2.37. The number of rotatable bonds is 5. The van der Waals surface area contributed by atoms with Crippen LogP contribution in [0.2, 0.25) is 0 Å². The van der Waals surface area contributed by atoms with Crippen LogP contribution >= 0.6 is 11.3 Å². The Morgan fingerprint density at radius 2 is 2.14 bits per heavy atom. The number of aromatic nitrogens is 1. The summed E-state index contributed by atoms with van der Waals surface area (Å²) < 4.78 is 12.8. The largest absolute Gasteiger partial charge is 0.451 e. The molecule has 5 rings (SSSR count). The quantitative estimate of drug-likeness (QED) is 0.443. The van der Waals surface area contributed by atoms with Crippen molar-refractivity contribution in [2.75, 3.05) is 18.1 Å². The van der Waals surface area contributed by atoms with Crippen molar-refractivity contribution < 1.29 is 13.9 Å². The smallest absolute Gasteiger partial charge is 0.295 e. The third-order valence-electron chi connectivity index (χ3n) is 5.37. The second kappa shape index (κ2) is 7.61. The summed E-state index contributed by atoms with van der Waals surface area (Å²) in [5.74, 6) is 0.157. The van der Waals surface area contributed by atoms with E-state index in [1.807, 2.05) is 36.4 Å². The lowest BCUT2D eigenvalue weighted by Gasteiger charge is -2.22. The van der Waals surface area contributed by atoms with Gasteiger partial charge in [-0.1, -0.05) is 42.5 Å². The van der Waals surface area contributed by atoms with E-state index in [2.05, 4.69) is 19.1 Å². The fourth-order valence-electron chi connectivity index (χ4n) is 3.75. The number of benzene rings is 2. The number of hydrogen-bond acceptors (Lipinski definition) is 5. The summed E-state index contributed by atoms with van der Waals surface area (Å²) in [5.41, 5.74) is 2.89. The molecule has 1 fully saturated rings. The third kappa shape index (κ3) is 3.54. The van der Waals surface area contributed by atoms with Gasteiger partial charge in [-0.25, -0.2) is 4.98 Å². The first-order chi connectivity index (χ1) is 14.2. The van der Waals surface area contributed by atoms with Crippen LogP contribution in [0.4, 0.5) is 5.13 Å². The van der Waals surface area contributed by atoms with Crippen LogP contribution in [0.25, 0.3) is 21.2 Å². The van der Waals surface area contributed by atoms with E-state index < -0.39 is 0 Å². The Bertz CT molecular complexity index is 1140. The molecule has 0 N–H and O–H groups in total. The highest BCUT2D eigenvalue weighted by Gasteiger charge is 2.29. The van der Waals surface area contributed by atoms with E-state index >= 15 is 0 Å². The third-order valence-corrected chi connectivity index (χ3v) is 6.41. The number of thiazole rings is 1. The molecule has 4 aromatic rings. The first-order valence-electron chi connectivity index (χ1n) is 10.0. The van der Waals surface area contributed by atoms with Crippen LogP contribution in [0.3, 0.4) is 0 Å². The minimum absolute atomic E-state index is 0.0292. The van der Waals surface area contributed by atoms with E-state index in [0.29, 0.717) is 23.0 Å². The van der Waals surface area contributed by atoms with E-state index in [1.165, 1.54) is 5.56 Å². The minimum Gasteiger partial charge on any atom is -0.451 e. The van der Waals surface area contributed by atoms with Gasteiger partial charge in [0.1, 0.15) is 5.58 Å². The number of carbonyl (C=O) groups is 1. The molecule has 1 aliphatic heterocycles. The summed E-state index contributed by atoms with van der Waals surface area (Å²) in [6, 6.07) is 15.8. The molecule has 29 heavy (non-hydrogen) atoms. The number of aryl methyl sites for hydroxylation is 1. The SMILES string of the molecule is CCc1ccc2nc(N(C[C@H]3CCCO3)C(=O)c3cc4ccccc4o3)sc2c1. The van der Waals surface area contributed by atoms with Gasteiger partial charge in [0.05, 0.1) is 22.9 Å². The van der Waals surface area contributed by atoms with E-state index in [-0.39, 0.29) is 12.0 Å². The summed E-state index contributed by atoms with van der Waals surface area (Å²) in [6.45, 7) is 3.37. The van der Waals surface area contributed by atoms with Crippen molar-refractivity contribution in [2.45, 2.75) is 32.3 Å². The molecule has 148 valence electrons. The standard InChI is InChI=1S/C23H22N2O3S/c1-2-15-9-10-18-21(12-15)29-23(24-18)25(14-17-7-5-11-27-17)22(26)20-13-16-6-3-4-8-19(16)28-20/h3-4,6,8-10,12-13,17H,2,5,7,11,14H2,1H3/t17-/m1/s1. The van der Waals surface area contributed by atoms with Crippen LogP contribution in [0.1, 0.15) is 35.9 Å². The molecule has 0 spiro atoms. The number of para-hydroxylation sites is 1. The normalized spacial score (nSPS) is 16.7. The second-order valence-corrected chi connectivity index (χ2v) is 8.36. The Labute approximate surface area is 172 Å². The van der Waals surface area contributed by atoms with Crippen molar-refractivity contribution in [1.29, 1.82) is 0 Å². The average molecular weight is 407 g/mol. The van der Waals surface area contributed by atoms with Crippen LogP contribution in [-0.2, 0) is 11.2 Å². The van der Waals surface area contributed by atoms with Gasteiger partial charge in [0.15, 0.2) is 10.9 Å². The topological polar surface area (TPSA) is 55.6 Å². The van der Waals surface area contributed by atoms with Crippen LogP contribution in [0.5, 0.6) is 0 Å². The highest BCUT2D eigenvalue weighted by Crippen LogP contribution is 2.32. The zero-order valence-corrected chi connectivity index (χ0v) is 17.1. The predicted molar refractivity (Wildman–Crippen MR) is 116 cm³/mol. The molecule has 3 heterocycles. The zero-order chi connectivity index (χ0) is 19.8. The average Bonchev–Trinajstić information content (AvgIpc) is 3.49. The first-order valence-corrected chi connectivity index (χ1v) is 10.8. The number of hydrogen-bond donors (Lipinski definition) is 0. The number of nitrogens with zero attached hydrogens (tertiary/aromatic N) is 2. The van der Waals surface area contributed by atoms with Crippen molar-refractivity contribution in [3.63, 3.8) is 0 Å². The first kappa shape index (κ1) is 18.3. The molecule has 0 radical (unpaired) electrons. The molecule has 6 heteroatoms. The van der Waals surface area contributed by atoms with Crippen molar-refractivity contribution in [3.05, 3.63) is 59.9 Å². The highest BCUT2D eigenvalue weighted by molar-refractivity contribution is 7.22. The Morgan fingerprint density at radius 3 is 2.93 bits per heavy atom. The molecular weight excluding hydrogens is 384 g/mol. The van der Waals surface area contributed by atoms with E-state index in [4.69, 9.17) is 14.1 Å². The summed E-state index contributed by atoms with van der Waals surface area (Å²) in [5, 5.41) is 1.61. The number of ether oxygens (including phenoxy) is 1. The van der Waals surface area contributed by atoms with Crippen molar-refractivity contribution in [2.24, 2.45) is 0 Å². The van der Waals surface area contributed by atoms with Gasteiger partial charge in [-0.2, -0.15) is 0 Å². The van der Waals surface area contributed by atoms with E-state index in [0.717, 1.165) is 41.5 Å². The Balaban J connectivity index is 1.54. The van der Waals surface area contributed by atoms with E-state index in [9.17, 15) is 4.79 Å². The van der Waals surface area contributed by atoms with Crippen LogP contribution in [-0.4, -0.2) is 30.1 Å². The van der Waals surface area contributed by atoms with Crippen LogP contribution in [0, 0.1) is 0 Å². The van der Waals surface area contributed by atoms with Gasteiger partial charge in [-0.3, -0.25) is 9.69 Å². The Hall–Kier alpha value is -2.70. The molecule has 2 aromatic heterocycles. The monoisotopic (exact) mass is 406 g/mol. The number of fused-ring (bicyclic) bond motifs is 2. The zero-order valence-electron chi connectivity index (χ0n) is 16.3.